The number of fused-ring (bicyclic) bond motifs is 1. The van der Waals surface area contributed by atoms with Crippen LogP contribution in [0.2, 0.25) is 0 Å². The van der Waals surface area contributed by atoms with Gasteiger partial charge in [-0.1, -0.05) is 43.7 Å². The first-order chi connectivity index (χ1) is 20.6. The van der Waals surface area contributed by atoms with Crippen molar-refractivity contribution < 1.29 is 28.7 Å². The molecule has 0 aromatic heterocycles. The maximum atomic E-state index is 13.9. The number of hydrogen-bond acceptors (Lipinski definition) is 5. The van der Waals surface area contributed by atoms with Crippen molar-refractivity contribution in [1.29, 1.82) is 0 Å². The Labute approximate surface area is 258 Å². The third-order valence-corrected chi connectivity index (χ3v) is 9.04. The molecule has 2 heterocycles. The summed E-state index contributed by atoms with van der Waals surface area (Å²) in [5, 5.41) is 10.6. The number of carbonyl (C=O) groups is 2. The zero-order chi connectivity index (χ0) is 31.0. The Morgan fingerprint density at radius 3 is 2.58 bits per heavy atom. The number of carboxylic acids is 1. The molecule has 2 aromatic carbocycles. The van der Waals surface area contributed by atoms with E-state index in [4.69, 9.17) is 9.47 Å². The molecule has 1 N–H and O–H groups in total. The number of methoxy groups -OCH3 is 1. The molecule has 1 fully saturated rings. The molecular formula is C35H52N3O5+. The van der Waals surface area contributed by atoms with Gasteiger partial charge in [0.25, 0.3) is 0 Å². The van der Waals surface area contributed by atoms with Crippen molar-refractivity contribution in [1.82, 2.24) is 9.80 Å². The zero-order valence-electron chi connectivity index (χ0n) is 26.9. The van der Waals surface area contributed by atoms with E-state index in [1.807, 2.05) is 35.2 Å². The number of nitrogens with zero attached hydrogens (tertiary/aromatic N) is 3. The first-order valence-corrected chi connectivity index (χ1v) is 16.0. The van der Waals surface area contributed by atoms with Gasteiger partial charge in [-0.3, -0.25) is 14.5 Å². The molecule has 2 aromatic rings. The summed E-state index contributed by atoms with van der Waals surface area (Å²) in [7, 11) is 8.21. The van der Waals surface area contributed by atoms with Crippen LogP contribution in [0.1, 0.15) is 61.6 Å². The van der Waals surface area contributed by atoms with Gasteiger partial charge >= 0.3 is 5.97 Å². The molecule has 4 rings (SSSR count). The second-order valence-electron chi connectivity index (χ2n) is 13.2. The lowest BCUT2D eigenvalue weighted by Crippen LogP contribution is -2.45. The smallest absolute Gasteiger partial charge is 0.308 e. The topological polar surface area (TPSA) is 79.3 Å². The summed E-state index contributed by atoms with van der Waals surface area (Å²) in [6, 6.07) is 13.9. The number of amides is 1. The number of benzene rings is 2. The van der Waals surface area contributed by atoms with Gasteiger partial charge < -0.3 is 24.0 Å². The van der Waals surface area contributed by atoms with Crippen molar-refractivity contribution in [2.24, 2.45) is 5.92 Å². The average Bonchev–Trinajstić information content (AvgIpc) is 3.58. The van der Waals surface area contributed by atoms with E-state index in [1.165, 1.54) is 0 Å². The molecule has 0 aliphatic carbocycles. The van der Waals surface area contributed by atoms with E-state index in [9.17, 15) is 14.7 Å². The molecule has 0 bridgehead atoms. The lowest BCUT2D eigenvalue weighted by molar-refractivity contribution is -0.870. The zero-order valence-corrected chi connectivity index (χ0v) is 26.9. The van der Waals surface area contributed by atoms with E-state index in [0.29, 0.717) is 19.6 Å². The fourth-order valence-electron chi connectivity index (χ4n) is 6.76. The Bertz CT molecular complexity index is 1230. The first-order valence-electron chi connectivity index (χ1n) is 16.0. The van der Waals surface area contributed by atoms with Crippen LogP contribution >= 0.6 is 0 Å². The van der Waals surface area contributed by atoms with Gasteiger partial charge in [0, 0.05) is 44.4 Å². The van der Waals surface area contributed by atoms with E-state index in [-0.39, 0.29) is 24.4 Å². The van der Waals surface area contributed by atoms with Crippen LogP contribution in [0.5, 0.6) is 11.5 Å². The van der Waals surface area contributed by atoms with Crippen molar-refractivity contribution in [2.45, 2.75) is 63.8 Å². The number of aryl methyl sites for hydroxylation is 1. The SMILES string of the molecule is CCCCN(CCC[N+](C)(C)C)C(=O)CN1CC(c2ccc3c(c2)CCO3)C(C(=O)O)C1CCCc1ccccc1OC. The summed E-state index contributed by atoms with van der Waals surface area (Å²) in [5.41, 5.74) is 3.30. The molecule has 8 heteroatoms. The fraction of sp³-hybridized carbons (Fsp3) is 0.600. The maximum absolute atomic E-state index is 13.9. The molecule has 0 spiro atoms. The Balaban J connectivity index is 1.55. The minimum atomic E-state index is -0.787. The molecule has 43 heavy (non-hydrogen) atoms. The number of unbranched alkanes of at least 4 members (excludes halogenated alkanes) is 1. The van der Waals surface area contributed by atoms with E-state index in [1.54, 1.807) is 7.11 Å². The van der Waals surface area contributed by atoms with Gasteiger partial charge in [0.15, 0.2) is 0 Å². The normalized spacial score (nSPS) is 20.1. The minimum Gasteiger partial charge on any atom is -0.496 e. The molecule has 0 saturated carbocycles. The molecule has 236 valence electrons. The number of likely N-dealkylation sites (tertiary alicyclic amines) is 1. The van der Waals surface area contributed by atoms with Crippen molar-refractivity contribution in [3.05, 3.63) is 59.2 Å². The number of hydrogen-bond donors (Lipinski definition) is 1. The van der Waals surface area contributed by atoms with E-state index < -0.39 is 11.9 Å². The fourth-order valence-corrected chi connectivity index (χ4v) is 6.76. The molecule has 2 aliphatic rings. The Morgan fingerprint density at radius 2 is 1.86 bits per heavy atom. The lowest BCUT2D eigenvalue weighted by atomic mass is 9.83. The monoisotopic (exact) mass is 594 g/mol. The first kappa shape index (κ1) is 32.8. The number of carbonyl (C=O) groups excluding carboxylic acids is 1. The van der Waals surface area contributed by atoms with Gasteiger partial charge in [0.1, 0.15) is 11.5 Å². The van der Waals surface area contributed by atoms with Crippen molar-refractivity contribution >= 4 is 11.9 Å². The summed E-state index contributed by atoms with van der Waals surface area (Å²) in [5.74, 6) is 0.299. The standard InChI is InChI=1S/C35H51N3O5/c1-6-7-19-36(20-11-21-38(2,3)4)33(39)25-37-24-29(27-16-17-32-28(23-27)18-22-43-32)34(35(40)41)30(37)14-10-13-26-12-8-9-15-31(26)42-5/h8-9,12,15-17,23,29-30,34H,6-7,10-11,13-14,18-22,24-25H2,1-5H3/p+1. The van der Waals surface area contributed by atoms with Gasteiger partial charge in [-0.05, 0) is 54.5 Å². The number of ether oxygens (including phenoxy) is 2. The molecular weight excluding hydrogens is 542 g/mol. The van der Waals surface area contributed by atoms with Gasteiger partial charge in [-0.15, -0.1) is 0 Å². The van der Waals surface area contributed by atoms with Crippen LogP contribution in [-0.4, -0.2) is 105 Å². The number of quaternary nitrogens is 1. The molecule has 8 nitrogen and oxygen atoms in total. The number of carboxylic acid groups (broad SMARTS) is 1. The maximum Gasteiger partial charge on any atom is 0.308 e. The summed E-state index contributed by atoms with van der Waals surface area (Å²) in [6.45, 7) is 6.10. The van der Waals surface area contributed by atoms with Crippen molar-refractivity contribution in [3.8, 4) is 11.5 Å². The Hall–Kier alpha value is -3.10. The highest BCUT2D eigenvalue weighted by molar-refractivity contribution is 5.79. The molecule has 1 amide bonds. The highest BCUT2D eigenvalue weighted by Crippen LogP contribution is 2.41. The van der Waals surface area contributed by atoms with E-state index >= 15 is 0 Å². The van der Waals surface area contributed by atoms with Crippen molar-refractivity contribution in [2.75, 3.05) is 67.6 Å². The van der Waals surface area contributed by atoms with Crippen LogP contribution in [-0.2, 0) is 22.4 Å². The van der Waals surface area contributed by atoms with Gasteiger partial charge in [0.05, 0.1) is 53.9 Å². The second kappa shape index (κ2) is 15.1. The molecule has 2 aliphatic heterocycles. The van der Waals surface area contributed by atoms with Crippen LogP contribution in [0, 0.1) is 5.92 Å². The molecule has 3 unspecified atom stereocenters. The van der Waals surface area contributed by atoms with Crippen LogP contribution in [0.4, 0.5) is 0 Å². The van der Waals surface area contributed by atoms with E-state index in [2.05, 4.69) is 45.1 Å². The largest absolute Gasteiger partial charge is 0.496 e. The van der Waals surface area contributed by atoms with Crippen LogP contribution in [0.3, 0.4) is 0 Å². The second-order valence-corrected chi connectivity index (χ2v) is 13.2. The number of aliphatic carboxylic acids is 1. The molecule has 3 atom stereocenters. The van der Waals surface area contributed by atoms with Crippen LogP contribution in [0.25, 0.3) is 0 Å². The predicted octanol–water partition coefficient (Wildman–Crippen LogP) is 4.85. The van der Waals surface area contributed by atoms with Gasteiger partial charge in [-0.25, -0.2) is 0 Å². The highest BCUT2D eigenvalue weighted by atomic mass is 16.5. The number of para-hydroxylation sites is 1. The van der Waals surface area contributed by atoms with Crippen LogP contribution < -0.4 is 9.47 Å². The third-order valence-electron chi connectivity index (χ3n) is 9.04. The molecule has 1 saturated heterocycles. The van der Waals surface area contributed by atoms with Crippen LogP contribution in [0.15, 0.2) is 42.5 Å². The highest BCUT2D eigenvalue weighted by Gasteiger charge is 2.47. The van der Waals surface area contributed by atoms with E-state index in [0.717, 1.165) is 90.8 Å². The van der Waals surface area contributed by atoms with Gasteiger partial charge in [0.2, 0.25) is 5.91 Å². The Morgan fingerprint density at radius 1 is 1.09 bits per heavy atom. The number of rotatable bonds is 16. The van der Waals surface area contributed by atoms with Gasteiger partial charge in [-0.2, -0.15) is 0 Å². The third kappa shape index (κ3) is 8.73. The lowest BCUT2D eigenvalue weighted by Gasteiger charge is -2.31. The summed E-state index contributed by atoms with van der Waals surface area (Å²) in [4.78, 5) is 31.0. The Kier molecular flexibility index (Phi) is 11.5. The summed E-state index contributed by atoms with van der Waals surface area (Å²) >= 11 is 0. The average molecular weight is 595 g/mol. The summed E-state index contributed by atoms with van der Waals surface area (Å²) < 4.78 is 12.1. The quantitative estimate of drug-likeness (QED) is 0.280. The van der Waals surface area contributed by atoms with Crippen molar-refractivity contribution in [3.63, 3.8) is 0 Å². The minimum absolute atomic E-state index is 0.108. The predicted molar refractivity (Wildman–Crippen MR) is 170 cm³/mol. The summed E-state index contributed by atoms with van der Waals surface area (Å²) in [6.07, 6.45) is 6.09. The molecule has 0 radical (unpaired) electrons.